The van der Waals surface area contributed by atoms with E-state index in [9.17, 15) is 9.18 Å². The highest BCUT2D eigenvalue weighted by Gasteiger charge is 2.13. The summed E-state index contributed by atoms with van der Waals surface area (Å²) in [5.74, 6) is -1.35. The molecule has 3 nitrogen and oxygen atoms in total. The molecule has 1 aromatic heterocycles. The number of anilines is 1. The first-order chi connectivity index (χ1) is 8.58. The highest BCUT2D eigenvalue weighted by atomic mass is 35.5. The van der Waals surface area contributed by atoms with Crippen LogP contribution >= 0.6 is 11.6 Å². The molecule has 1 heterocycles. The molecule has 0 unspecified atom stereocenters. The minimum absolute atomic E-state index is 0.100. The Kier molecular flexibility index (Phi) is 3.58. The summed E-state index contributed by atoms with van der Waals surface area (Å²) in [4.78, 5) is 15.3. The molecular weight excluding hydrogens is 255 g/mol. The zero-order valence-corrected chi connectivity index (χ0v) is 10.3. The van der Waals surface area contributed by atoms with Crippen molar-refractivity contribution >= 4 is 23.2 Å². The zero-order valence-electron chi connectivity index (χ0n) is 9.58. The second-order valence-electron chi connectivity index (χ2n) is 3.76. The molecule has 1 N–H and O–H groups in total. The molecule has 1 amide bonds. The van der Waals surface area contributed by atoms with Gasteiger partial charge >= 0.3 is 0 Å². The van der Waals surface area contributed by atoms with Gasteiger partial charge in [-0.25, -0.2) is 4.98 Å². The van der Waals surface area contributed by atoms with Crippen molar-refractivity contribution in [2.45, 2.75) is 6.92 Å². The predicted octanol–water partition coefficient (Wildman–Crippen LogP) is 3.43. The standard InChI is InChI=1S/C13H10ClFN2O/c1-8-4-5-9(14)7-11(8)17-13(18)10-3-2-6-16-12(10)15/h2-7H,1H3,(H,17,18). The maximum atomic E-state index is 13.3. The second-order valence-corrected chi connectivity index (χ2v) is 4.19. The maximum absolute atomic E-state index is 13.3. The van der Waals surface area contributed by atoms with E-state index >= 15 is 0 Å². The van der Waals surface area contributed by atoms with Gasteiger partial charge in [0.15, 0.2) is 0 Å². The first-order valence-corrected chi connectivity index (χ1v) is 5.64. The molecule has 0 radical (unpaired) electrons. The molecule has 18 heavy (non-hydrogen) atoms. The molecule has 1 aromatic carbocycles. The van der Waals surface area contributed by atoms with Gasteiger partial charge in [0.2, 0.25) is 5.95 Å². The summed E-state index contributed by atoms with van der Waals surface area (Å²) in [7, 11) is 0. The number of amides is 1. The van der Waals surface area contributed by atoms with E-state index in [1.165, 1.54) is 18.3 Å². The van der Waals surface area contributed by atoms with Gasteiger partial charge in [0.05, 0.1) is 5.56 Å². The number of nitrogens with one attached hydrogen (secondary N) is 1. The number of pyridine rings is 1. The third-order valence-electron chi connectivity index (χ3n) is 2.45. The van der Waals surface area contributed by atoms with Crippen LogP contribution in [-0.2, 0) is 0 Å². The molecular formula is C13H10ClFN2O. The fraction of sp³-hybridized carbons (Fsp3) is 0.0769. The molecule has 0 bridgehead atoms. The summed E-state index contributed by atoms with van der Waals surface area (Å²) >= 11 is 5.84. The lowest BCUT2D eigenvalue weighted by molar-refractivity contribution is 0.102. The SMILES string of the molecule is Cc1ccc(Cl)cc1NC(=O)c1cccnc1F. The zero-order chi connectivity index (χ0) is 13.1. The minimum Gasteiger partial charge on any atom is -0.322 e. The van der Waals surface area contributed by atoms with E-state index < -0.39 is 11.9 Å². The van der Waals surface area contributed by atoms with Gasteiger partial charge in [0, 0.05) is 16.9 Å². The van der Waals surface area contributed by atoms with Crippen molar-refractivity contribution in [3.05, 3.63) is 58.6 Å². The average molecular weight is 265 g/mol. The first kappa shape index (κ1) is 12.5. The Balaban J connectivity index is 2.27. The van der Waals surface area contributed by atoms with Crippen LogP contribution < -0.4 is 5.32 Å². The quantitative estimate of drug-likeness (QED) is 0.845. The van der Waals surface area contributed by atoms with E-state index in [4.69, 9.17) is 11.6 Å². The lowest BCUT2D eigenvalue weighted by Gasteiger charge is -2.08. The summed E-state index contributed by atoms with van der Waals surface area (Å²) in [6.45, 7) is 1.82. The van der Waals surface area contributed by atoms with Crippen LogP contribution in [-0.4, -0.2) is 10.9 Å². The molecule has 2 rings (SSSR count). The Bertz CT molecular complexity index is 601. The number of carbonyl (C=O) groups is 1. The minimum atomic E-state index is -0.797. The number of aryl methyl sites for hydroxylation is 1. The number of rotatable bonds is 2. The summed E-state index contributed by atoms with van der Waals surface area (Å²) in [5.41, 5.74) is 1.30. The van der Waals surface area contributed by atoms with Gasteiger partial charge in [-0.1, -0.05) is 17.7 Å². The third-order valence-corrected chi connectivity index (χ3v) is 2.69. The van der Waals surface area contributed by atoms with Gasteiger partial charge in [-0.15, -0.1) is 0 Å². The maximum Gasteiger partial charge on any atom is 0.260 e. The summed E-state index contributed by atoms with van der Waals surface area (Å²) in [6.07, 6.45) is 1.29. The van der Waals surface area contributed by atoms with E-state index in [1.807, 2.05) is 6.92 Å². The Morgan fingerprint density at radius 3 is 2.89 bits per heavy atom. The van der Waals surface area contributed by atoms with Crippen LogP contribution in [0.2, 0.25) is 5.02 Å². The second kappa shape index (κ2) is 5.14. The number of hydrogen-bond donors (Lipinski definition) is 1. The lowest BCUT2D eigenvalue weighted by Crippen LogP contribution is -2.15. The summed E-state index contributed by atoms with van der Waals surface area (Å²) in [6, 6.07) is 7.98. The Labute approximate surface area is 109 Å². The fourth-order valence-corrected chi connectivity index (χ4v) is 1.65. The summed E-state index contributed by atoms with van der Waals surface area (Å²) in [5, 5.41) is 3.11. The van der Waals surface area contributed by atoms with Crippen LogP contribution in [0.25, 0.3) is 0 Å². The number of hydrogen-bond acceptors (Lipinski definition) is 2. The molecule has 0 saturated heterocycles. The molecule has 0 aliphatic carbocycles. The van der Waals surface area contributed by atoms with Crippen LogP contribution in [0.3, 0.4) is 0 Å². The molecule has 0 fully saturated rings. The van der Waals surface area contributed by atoms with Crippen molar-refractivity contribution in [3.8, 4) is 0 Å². The smallest absolute Gasteiger partial charge is 0.260 e. The van der Waals surface area contributed by atoms with Gasteiger partial charge in [-0.2, -0.15) is 4.39 Å². The van der Waals surface area contributed by atoms with Crippen molar-refractivity contribution in [2.24, 2.45) is 0 Å². The van der Waals surface area contributed by atoms with Gasteiger partial charge in [-0.05, 0) is 36.8 Å². The Hall–Kier alpha value is -1.94. The molecule has 5 heteroatoms. The van der Waals surface area contributed by atoms with E-state index in [0.29, 0.717) is 10.7 Å². The monoisotopic (exact) mass is 264 g/mol. The van der Waals surface area contributed by atoms with Crippen molar-refractivity contribution < 1.29 is 9.18 Å². The molecule has 0 saturated carbocycles. The Morgan fingerprint density at radius 2 is 2.17 bits per heavy atom. The number of benzene rings is 1. The van der Waals surface area contributed by atoms with Crippen LogP contribution in [0.1, 0.15) is 15.9 Å². The van der Waals surface area contributed by atoms with Crippen LogP contribution in [0.5, 0.6) is 0 Å². The van der Waals surface area contributed by atoms with Crippen molar-refractivity contribution in [2.75, 3.05) is 5.32 Å². The predicted molar refractivity (Wildman–Crippen MR) is 68.3 cm³/mol. The number of carbonyl (C=O) groups excluding carboxylic acids is 1. The van der Waals surface area contributed by atoms with E-state index in [-0.39, 0.29) is 5.56 Å². The number of aromatic nitrogens is 1. The largest absolute Gasteiger partial charge is 0.322 e. The lowest BCUT2D eigenvalue weighted by atomic mass is 10.2. The molecule has 0 spiro atoms. The molecule has 2 aromatic rings. The van der Waals surface area contributed by atoms with Gasteiger partial charge < -0.3 is 5.32 Å². The fourth-order valence-electron chi connectivity index (χ4n) is 1.47. The molecule has 92 valence electrons. The van der Waals surface area contributed by atoms with Crippen LogP contribution in [0.4, 0.5) is 10.1 Å². The van der Waals surface area contributed by atoms with Crippen LogP contribution in [0, 0.1) is 12.9 Å². The topological polar surface area (TPSA) is 42.0 Å². The molecule has 0 aliphatic rings. The number of nitrogens with zero attached hydrogens (tertiary/aromatic N) is 1. The van der Waals surface area contributed by atoms with Gasteiger partial charge in [0.25, 0.3) is 5.91 Å². The number of halogens is 2. The molecule has 0 atom stereocenters. The van der Waals surface area contributed by atoms with E-state index in [1.54, 1.807) is 18.2 Å². The normalized spacial score (nSPS) is 10.2. The average Bonchev–Trinajstić information content (AvgIpc) is 2.34. The van der Waals surface area contributed by atoms with Gasteiger partial charge in [0.1, 0.15) is 0 Å². The summed E-state index contributed by atoms with van der Waals surface area (Å²) < 4.78 is 13.3. The highest BCUT2D eigenvalue weighted by Crippen LogP contribution is 2.21. The van der Waals surface area contributed by atoms with Crippen molar-refractivity contribution in [1.82, 2.24) is 4.98 Å². The van der Waals surface area contributed by atoms with E-state index in [0.717, 1.165) is 5.56 Å². The van der Waals surface area contributed by atoms with Gasteiger partial charge in [-0.3, -0.25) is 4.79 Å². The third kappa shape index (κ3) is 2.65. The van der Waals surface area contributed by atoms with Crippen molar-refractivity contribution in [3.63, 3.8) is 0 Å². The van der Waals surface area contributed by atoms with Crippen molar-refractivity contribution in [1.29, 1.82) is 0 Å². The van der Waals surface area contributed by atoms with Crippen LogP contribution in [0.15, 0.2) is 36.5 Å². The molecule has 0 aliphatic heterocycles. The first-order valence-electron chi connectivity index (χ1n) is 5.26. The van der Waals surface area contributed by atoms with E-state index in [2.05, 4.69) is 10.3 Å². The highest BCUT2D eigenvalue weighted by molar-refractivity contribution is 6.31. The Morgan fingerprint density at radius 1 is 1.39 bits per heavy atom.